The Labute approximate surface area is 114 Å². The van der Waals surface area contributed by atoms with E-state index in [0.29, 0.717) is 24.0 Å². The van der Waals surface area contributed by atoms with Gasteiger partial charge in [0.2, 0.25) is 5.76 Å². The minimum atomic E-state index is -0.597. The molecule has 0 aliphatic heterocycles. The van der Waals surface area contributed by atoms with Gasteiger partial charge in [0, 0.05) is 37.7 Å². The van der Waals surface area contributed by atoms with E-state index >= 15 is 0 Å². The van der Waals surface area contributed by atoms with Gasteiger partial charge in [-0.15, -0.1) is 0 Å². The van der Waals surface area contributed by atoms with Gasteiger partial charge in [-0.3, -0.25) is 10.1 Å². The number of furan rings is 1. The molecule has 0 N–H and O–H groups in total. The van der Waals surface area contributed by atoms with Crippen LogP contribution in [0.4, 0.5) is 5.69 Å². The van der Waals surface area contributed by atoms with Gasteiger partial charge in [0.05, 0.1) is 11.5 Å². The number of fused-ring (bicyclic) bond motifs is 1. The first-order valence-electron chi connectivity index (χ1n) is 5.96. The largest absolute Gasteiger partial charge is 0.460 e. The Balaban J connectivity index is 2.11. The Hall–Kier alpha value is -2.41. The maximum absolute atomic E-state index is 11.7. The van der Waals surface area contributed by atoms with E-state index in [9.17, 15) is 14.9 Å². The van der Waals surface area contributed by atoms with Crippen LogP contribution in [0.3, 0.4) is 0 Å². The maximum Gasteiger partial charge on any atom is 0.374 e. The number of ether oxygens (including phenoxy) is 2. The summed E-state index contributed by atoms with van der Waals surface area (Å²) in [4.78, 5) is 21.9. The van der Waals surface area contributed by atoms with Crippen molar-refractivity contribution in [3.05, 3.63) is 40.1 Å². The van der Waals surface area contributed by atoms with Crippen LogP contribution in [0, 0.1) is 10.1 Å². The monoisotopic (exact) mass is 279 g/mol. The second-order valence-electron chi connectivity index (χ2n) is 4.07. The highest BCUT2D eigenvalue weighted by molar-refractivity contribution is 5.93. The van der Waals surface area contributed by atoms with Gasteiger partial charge in [-0.25, -0.2) is 4.79 Å². The van der Waals surface area contributed by atoms with Crippen molar-refractivity contribution in [1.82, 2.24) is 0 Å². The molecule has 2 rings (SSSR count). The predicted molar refractivity (Wildman–Crippen MR) is 69.6 cm³/mol. The molecule has 0 radical (unpaired) electrons. The summed E-state index contributed by atoms with van der Waals surface area (Å²) in [5.74, 6) is -0.571. The minimum absolute atomic E-state index is 0.0258. The molecule has 0 amide bonds. The highest BCUT2D eigenvalue weighted by Crippen LogP contribution is 2.24. The number of carbonyl (C=O) groups excluding carboxylic acids is 1. The molecule has 1 aromatic carbocycles. The van der Waals surface area contributed by atoms with Gasteiger partial charge >= 0.3 is 5.97 Å². The average molecular weight is 279 g/mol. The molecule has 2 aromatic rings. The van der Waals surface area contributed by atoms with Crippen LogP contribution in [0.25, 0.3) is 11.0 Å². The van der Waals surface area contributed by atoms with E-state index in [1.54, 1.807) is 7.11 Å². The van der Waals surface area contributed by atoms with E-state index in [1.807, 2.05) is 0 Å². The summed E-state index contributed by atoms with van der Waals surface area (Å²) in [6.45, 7) is 0.726. The molecular weight excluding hydrogens is 266 g/mol. The van der Waals surface area contributed by atoms with Crippen molar-refractivity contribution in [3.63, 3.8) is 0 Å². The number of non-ortho nitro benzene ring substituents is 1. The Bertz CT molecular complexity index is 633. The van der Waals surface area contributed by atoms with Gasteiger partial charge in [-0.05, 0) is 12.1 Å². The number of hydrogen-bond acceptors (Lipinski definition) is 6. The third kappa shape index (κ3) is 3.12. The number of benzene rings is 1. The quantitative estimate of drug-likeness (QED) is 0.349. The van der Waals surface area contributed by atoms with Gasteiger partial charge in [0.15, 0.2) is 0 Å². The Kier molecular flexibility index (Phi) is 4.31. The summed E-state index contributed by atoms with van der Waals surface area (Å²) in [5.41, 5.74) is 0.345. The molecule has 7 heteroatoms. The fraction of sp³-hybridized carbons (Fsp3) is 0.308. The SMILES string of the molecule is COCCCOC(=O)c1cc2cc([N+](=O)[O-])ccc2o1. The lowest BCUT2D eigenvalue weighted by molar-refractivity contribution is -0.384. The molecule has 0 fully saturated rings. The molecule has 0 unspecified atom stereocenters. The average Bonchev–Trinajstić information content (AvgIpc) is 2.86. The van der Waals surface area contributed by atoms with Crippen molar-refractivity contribution in [2.75, 3.05) is 20.3 Å². The predicted octanol–water partition coefficient (Wildman–Crippen LogP) is 2.53. The van der Waals surface area contributed by atoms with Crippen molar-refractivity contribution < 1.29 is 23.6 Å². The third-order valence-corrected chi connectivity index (χ3v) is 2.64. The summed E-state index contributed by atoms with van der Waals surface area (Å²) in [5, 5.41) is 11.1. The Morgan fingerprint density at radius 3 is 2.85 bits per heavy atom. The molecule has 1 aromatic heterocycles. The van der Waals surface area contributed by atoms with Crippen LogP contribution in [0.5, 0.6) is 0 Å². The zero-order valence-corrected chi connectivity index (χ0v) is 10.8. The van der Waals surface area contributed by atoms with Gasteiger partial charge in [0.25, 0.3) is 5.69 Å². The number of esters is 1. The van der Waals surface area contributed by atoms with Crippen LogP contribution >= 0.6 is 0 Å². The number of nitro groups is 1. The second kappa shape index (κ2) is 6.16. The van der Waals surface area contributed by atoms with Crippen LogP contribution in [0.15, 0.2) is 28.7 Å². The van der Waals surface area contributed by atoms with E-state index in [-0.39, 0.29) is 18.1 Å². The smallest absolute Gasteiger partial charge is 0.374 e. The van der Waals surface area contributed by atoms with Crippen molar-refractivity contribution >= 4 is 22.6 Å². The normalized spacial score (nSPS) is 10.7. The minimum Gasteiger partial charge on any atom is -0.460 e. The number of methoxy groups -OCH3 is 1. The zero-order valence-electron chi connectivity index (χ0n) is 10.8. The molecule has 0 aliphatic carbocycles. The van der Waals surface area contributed by atoms with Crippen molar-refractivity contribution in [3.8, 4) is 0 Å². The highest BCUT2D eigenvalue weighted by atomic mass is 16.6. The standard InChI is InChI=1S/C13H13NO6/c1-18-5-2-6-19-13(15)12-8-9-7-10(14(16)17)3-4-11(9)20-12/h3-4,7-8H,2,5-6H2,1H3. The fourth-order valence-electron chi connectivity index (χ4n) is 1.68. The van der Waals surface area contributed by atoms with E-state index < -0.39 is 10.9 Å². The number of nitro benzene ring substituents is 1. The van der Waals surface area contributed by atoms with Crippen LogP contribution in [-0.4, -0.2) is 31.2 Å². The van der Waals surface area contributed by atoms with Gasteiger partial charge in [-0.1, -0.05) is 0 Å². The summed E-state index contributed by atoms with van der Waals surface area (Å²) in [6, 6.07) is 5.55. The summed E-state index contributed by atoms with van der Waals surface area (Å²) in [7, 11) is 1.56. The summed E-state index contributed by atoms with van der Waals surface area (Å²) >= 11 is 0. The topological polar surface area (TPSA) is 91.8 Å². The highest BCUT2D eigenvalue weighted by Gasteiger charge is 2.15. The first-order valence-corrected chi connectivity index (χ1v) is 5.96. The lowest BCUT2D eigenvalue weighted by atomic mass is 10.2. The van der Waals surface area contributed by atoms with Gasteiger partial charge < -0.3 is 13.9 Å². The van der Waals surface area contributed by atoms with E-state index in [4.69, 9.17) is 13.9 Å². The zero-order chi connectivity index (χ0) is 14.5. The van der Waals surface area contributed by atoms with Gasteiger partial charge in [-0.2, -0.15) is 0 Å². The maximum atomic E-state index is 11.7. The first-order chi connectivity index (χ1) is 9.61. The first kappa shape index (κ1) is 14.0. The van der Waals surface area contributed by atoms with Crippen molar-refractivity contribution in [1.29, 1.82) is 0 Å². The molecule has 0 saturated heterocycles. The molecule has 1 heterocycles. The molecule has 106 valence electrons. The second-order valence-corrected chi connectivity index (χ2v) is 4.07. The van der Waals surface area contributed by atoms with Gasteiger partial charge in [0.1, 0.15) is 5.58 Å². The van der Waals surface area contributed by atoms with Crippen LogP contribution in [-0.2, 0) is 9.47 Å². The molecule has 0 bridgehead atoms. The molecule has 0 saturated carbocycles. The Morgan fingerprint density at radius 1 is 1.35 bits per heavy atom. The van der Waals surface area contributed by atoms with E-state index in [2.05, 4.69) is 0 Å². The van der Waals surface area contributed by atoms with E-state index in [1.165, 1.54) is 24.3 Å². The lowest BCUT2D eigenvalue weighted by Crippen LogP contribution is -2.06. The molecule has 0 aliphatic rings. The number of carbonyl (C=O) groups is 1. The number of hydrogen-bond donors (Lipinski definition) is 0. The number of rotatable bonds is 6. The third-order valence-electron chi connectivity index (χ3n) is 2.64. The summed E-state index contributed by atoms with van der Waals surface area (Å²) < 4.78 is 15.1. The molecular formula is C13H13NO6. The molecule has 0 atom stereocenters. The van der Waals surface area contributed by atoms with Crippen molar-refractivity contribution in [2.45, 2.75) is 6.42 Å². The van der Waals surface area contributed by atoms with Crippen LogP contribution in [0.2, 0.25) is 0 Å². The fourth-order valence-corrected chi connectivity index (χ4v) is 1.68. The van der Waals surface area contributed by atoms with Crippen LogP contribution in [0.1, 0.15) is 17.0 Å². The Morgan fingerprint density at radius 2 is 2.15 bits per heavy atom. The summed E-state index contributed by atoms with van der Waals surface area (Å²) in [6.07, 6.45) is 0.591. The van der Waals surface area contributed by atoms with E-state index in [0.717, 1.165) is 0 Å². The van der Waals surface area contributed by atoms with Crippen LogP contribution < -0.4 is 0 Å². The molecule has 7 nitrogen and oxygen atoms in total. The molecule has 0 spiro atoms. The van der Waals surface area contributed by atoms with Crippen molar-refractivity contribution in [2.24, 2.45) is 0 Å². The number of nitrogens with zero attached hydrogens (tertiary/aromatic N) is 1. The lowest BCUT2D eigenvalue weighted by Gasteiger charge is -2.01. The molecule has 20 heavy (non-hydrogen) atoms.